The van der Waals surface area contributed by atoms with Crippen LogP contribution in [0.3, 0.4) is 0 Å². The third kappa shape index (κ3) is 5.43. The van der Waals surface area contributed by atoms with Crippen LogP contribution >= 0.6 is 23.2 Å². The molecule has 11 heteroatoms. The highest BCUT2D eigenvalue weighted by atomic mass is 35.5. The lowest BCUT2D eigenvalue weighted by Gasteiger charge is -2.12. The summed E-state index contributed by atoms with van der Waals surface area (Å²) < 4.78 is 10.4. The third-order valence-electron chi connectivity index (χ3n) is 4.37. The van der Waals surface area contributed by atoms with Gasteiger partial charge in [-0.3, -0.25) is 14.9 Å². The first-order valence-corrected chi connectivity index (χ1v) is 10.00. The number of benzene rings is 2. The van der Waals surface area contributed by atoms with Crippen LogP contribution in [0.15, 0.2) is 36.4 Å². The molecule has 0 fully saturated rings. The molecule has 32 heavy (non-hydrogen) atoms. The van der Waals surface area contributed by atoms with Crippen molar-refractivity contribution in [3.8, 4) is 5.75 Å². The lowest BCUT2D eigenvalue weighted by atomic mass is 10.2. The van der Waals surface area contributed by atoms with Crippen molar-refractivity contribution in [2.45, 2.75) is 13.8 Å². The number of rotatable bonds is 7. The van der Waals surface area contributed by atoms with Gasteiger partial charge in [-0.2, -0.15) is 0 Å². The number of anilines is 1. The minimum Gasteiger partial charge on any atom is -0.478 e. The number of nitro benzene ring substituents is 1. The SMILES string of the molecule is Cc1ccc2c(Cl)cc(Cl)c(OCC(=O)OCC(=O)Nc3ccc(C)c([N+](=O)[O-])c3)c2n1. The van der Waals surface area contributed by atoms with E-state index in [4.69, 9.17) is 32.7 Å². The molecule has 0 unspecified atom stereocenters. The molecule has 3 rings (SSSR count). The summed E-state index contributed by atoms with van der Waals surface area (Å²) >= 11 is 12.4. The lowest BCUT2D eigenvalue weighted by molar-refractivity contribution is -0.385. The van der Waals surface area contributed by atoms with Crippen LogP contribution in [0, 0.1) is 24.0 Å². The summed E-state index contributed by atoms with van der Waals surface area (Å²) in [6.07, 6.45) is 0. The normalized spacial score (nSPS) is 10.6. The molecule has 0 spiro atoms. The Morgan fingerprint density at radius 1 is 1.09 bits per heavy atom. The van der Waals surface area contributed by atoms with Crippen LogP contribution in [0.25, 0.3) is 10.9 Å². The van der Waals surface area contributed by atoms with Crippen molar-refractivity contribution in [1.29, 1.82) is 0 Å². The molecule has 0 aliphatic carbocycles. The fraction of sp³-hybridized carbons (Fsp3) is 0.190. The van der Waals surface area contributed by atoms with Gasteiger partial charge < -0.3 is 14.8 Å². The van der Waals surface area contributed by atoms with Crippen molar-refractivity contribution in [2.75, 3.05) is 18.5 Å². The zero-order valence-corrected chi connectivity index (χ0v) is 18.5. The summed E-state index contributed by atoms with van der Waals surface area (Å²) in [5.41, 5.74) is 1.63. The highest BCUT2D eigenvalue weighted by Crippen LogP contribution is 2.37. The van der Waals surface area contributed by atoms with Crippen molar-refractivity contribution in [1.82, 2.24) is 4.98 Å². The Morgan fingerprint density at radius 2 is 1.84 bits per heavy atom. The number of carbonyl (C=O) groups excluding carboxylic acids is 2. The van der Waals surface area contributed by atoms with Crippen LogP contribution in [0.2, 0.25) is 10.0 Å². The molecule has 1 amide bonds. The molecule has 3 aromatic rings. The number of pyridine rings is 1. The van der Waals surface area contributed by atoms with Crippen molar-refractivity contribution >= 4 is 57.4 Å². The van der Waals surface area contributed by atoms with Gasteiger partial charge in [-0.25, -0.2) is 9.78 Å². The fourth-order valence-electron chi connectivity index (χ4n) is 2.83. The molecule has 0 bridgehead atoms. The van der Waals surface area contributed by atoms with Crippen molar-refractivity contribution in [3.05, 3.63) is 67.8 Å². The van der Waals surface area contributed by atoms with Crippen molar-refractivity contribution < 1.29 is 24.0 Å². The second kappa shape index (κ2) is 9.80. The topological polar surface area (TPSA) is 121 Å². The average Bonchev–Trinajstić information content (AvgIpc) is 2.73. The van der Waals surface area contributed by atoms with Gasteiger partial charge in [0.2, 0.25) is 0 Å². The maximum Gasteiger partial charge on any atom is 0.344 e. The molecule has 9 nitrogen and oxygen atoms in total. The summed E-state index contributed by atoms with van der Waals surface area (Å²) in [5, 5.41) is 14.6. The maximum atomic E-state index is 12.0. The Morgan fingerprint density at radius 3 is 2.56 bits per heavy atom. The van der Waals surface area contributed by atoms with Crippen LogP contribution in [0.4, 0.5) is 11.4 Å². The van der Waals surface area contributed by atoms with E-state index in [1.165, 1.54) is 24.3 Å². The summed E-state index contributed by atoms with van der Waals surface area (Å²) in [6.45, 7) is 2.25. The number of nitrogens with one attached hydrogen (secondary N) is 1. The number of halogens is 2. The maximum absolute atomic E-state index is 12.0. The Hall–Kier alpha value is -3.43. The van der Waals surface area contributed by atoms with E-state index >= 15 is 0 Å². The average molecular weight is 478 g/mol. The molecule has 0 aliphatic rings. The number of amides is 1. The molecule has 0 aliphatic heterocycles. The van der Waals surface area contributed by atoms with Gasteiger partial charge in [-0.15, -0.1) is 0 Å². The number of hydrogen-bond donors (Lipinski definition) is 1. The van der Waals surface area contributed by atoms with E-state index in [1.807, 2.05) is 0 Å². The van der Waals surface area contributed by atoms with E-state index in [-0.39, 0.29) is 22.1 Å². The molecule has 0 atom stereocenters. The van der Waals surface area contributed by atoms with Gasteiger partial charge in [-0.05, 0) is 38.1 Å². The molecule has 1 heterocycles. The van der Waals surface area contributed by atoms with Gasteiger partial charge in [0.05, 0.1) is 15.0 Å². The highest BCUT2D eigenvalue weighted by Gasteiger charge is 2.17. The summed E-state index contributed by atoms with van der Waals surface area (Å²) in [6, 6.07) is 9.26. The first-order chi connectivity index (χ1) is 15.2. The second-order valence-electron chi connectivity index (χ2n) is 6.77. The van der Waals surface area contributed by atoms with E-state index in [2.05, 4.69) is 10.3 Å². The molecular weight excluding hydrogens is 461 g/mol. The van der Waals surface area contributed by atoms with Crippen LogP contribution in [0.5, 0.6) is 5.75 Å². The number of hydrogen-bond acceptors (Lipinski definition) is 7. The first-order valence-electron chi connectivity index (χ1n) is 9.24. The molecule has 166 valence electrons. The predicted octanol–water partition coefficient (Wildman–Crippen LogP) is 4.63. The minimum atomic E-state index is -0.818. The third-order valence-corrected chi connectivity index (χ3v) is 4.96. The number of fused-ring (bicyclic) bond motifs is 1. The molecule has 0 saturated heterocycles. The zero-order valence-electron chi connectivity index (χ0n) is 17.0. The standard InChI is InChI=1S/C21H17Cl2N3O6/c1-11-3-5-13(7-17(11)26(29)30)25-18(27)9-31-19(28)10-32-21-16(23)8-15(22)14-6-4-12(2)24-20(14)21/h3-8H,9-10H2,1-2H3,(H,25,27). The molecule has 0 saturated carbocycles. The zero-order chi connectivity index (χ0) is 23.4. The predicted molar refractivity (Wildman–Crippen MR) is 119 cm³/mol. The first kappa shape index (κ1) is 23.2. The van der Waals surface area contributed by atoms with Crippen LogP contribution in [0.1, 0.15) is 11.3 Å². The number of aryl methyl sites for hydroxylation is 2. The van der Waals surface area contributed by atoms with Gasteiger partial charge in [0, 0.05) is 28.4 Å². The number of nitrogens with zero attached hydrogens (tertiary/aromatic N) is 2. The number of nitro groups is 1. The minimum absolute atomic E-state index is 0.135. The molecule has 1 N–H and O–H groups in total. The Bertz CT molecular complexity index is 1230. The van der Waals surface area contributed by atoms with E-state index in [0.29, 0.717) is 27.2 Å². The number of aromatic nitrogens is 1. The van der Waals surface area contributed by atoms with Crippen molar-refractivity contribution in [3.63, 3.8) is 0 Å². The van der Waals surface area contributed by atoms with E-state index in [9.17, 15) is 19.7 Å². The second-order valence-corrected chi connectivity index (χ2v) is 7.59. The molecule has 1 aromatic heterocycles. The van der Waals surface area contributed by atoms with Crippen LogP contribution < -0.4 is 10.1 Å². The lowest BCUT2D eigenvalue weighted by Crippen LogP contribution is -2.23. The Kier molecular flexibility index (Phi) is 7.12. The van der Waals surface area contributed by atoms with Gasteiger partial charge in [0.25, 0.3) is 11.6 Å². The fourth-order valence-corrected chi connectivity index (χ4v) is 3.40. The van der Waals surface area contributed by atoms with E-state index < -0.39 is 30.0 Å². The Balaban J connectivity index is 1.59. The Labute approximate surface area is 192 Å². The van der Waals surface area contributed by atoms with Crippen LogP contribution in [-0.4, -0.2) is 35.0 Å². The molecule has 2 aromatic carbocycles. The summed E-state index contributed by atoms with van der Waals surface area (Å²) in [7, 11) is 0. The number of ether oxygens (including phenoxy) is 2. The molecule has 0 radical (unpaired) electrons. The van der Waals surface area contributed by atoms with Crippen LogP contribution in [-0.2, 0) is 14.3 Å². The smallest absolute Gasteiger partial charge is 0.344 e. The van der Waals surface area contributed by atoms with E-state index in [0.717, 1.165) is 0 Å². The van der Waals surface area contributed by atoms with Gasteiger partial charge in [0.15, 0.2) is 19.0 Å². The quantitative estimate of drug-likeness (QED) is 0.299. The van der Waals surface area contributed by atoms with Gasteiger partial charge >= 0.3 is 5.97 Å². The van der Waals surface area contributed by atoms with E-state index in [1.54, 1.807) is 26.0 Å². The number of carbonyl (C=O) groups is 2. The monoisotopic (exact) mass is 477 g/mol. The molecular formula is C21H17Cl2N3O6. The van der Waals surface area contributed by atoms with Crippen molar-refractivity contribution in [2.24, 2.45) is 0 Å². The van der Waals surface area contributed by atoms with Gasteiger partial charge in [0.1, 0.15) is 5.52 Å². The summed E-state index contributed by atoms with van der Waals surface area (Å²) in [5.74, 6) is -1.31. The summed E-state index contributed by atoms with van der Waals surface area (Å²) in [4.78, 5) is 38.9. The highest BCUT2D eigenvalue weighted by molar-refractivity contribution is 6.39. The van der Waals surface area contributed by atoms with Gasteiger partial charge in [-0.1, -0.05) is 29.3 Å². The number of esters is 1. The largest absolute Gasteiger partial charge is 0.478 e.